The van der Waals surface area contributed by atoms with E-state index in [-0.39, 0.29) is 0 Å². The van der Waals surface area contributed by atoms with Gasteiger partial charge in [-0.3, -0.25) is 0 Å². The minimum absolute atomic E-state index is 1.19. The molecular weight excluding hydrogens is 194 g/mol. The van der Waals surface area contributed by atoms with Crippen LogP contribution in [-0.4, -0.2) is 4.98 Å². The van der Waals surface area contributed by atoms with E-state index >= 15 is 0 Å². The molecule has 0 bridgehead atoms. The van der Waals surface area contributed by atoms with Gasteiger partial charge in [-0.05, 0) is 30.2 Å². The second-order valence-corrected chi connectivity index (χ2v) is 4.11. The first kappa shape index (κ1) is 9.22. The smallest absolute Gasteiger partial charge is 0.0460 e. The van der Waals surface area contributed by atoms with Gasteiger partial charge in [-0.2, -0.15) is 0 Å². The van der Waals surface area contributed by atoms with Crippen molar-refractivity contribution in [2.45, 2.75) is 6.92 Å². The van der Waals surface area contributed by atoms with Gasteiger partial charge in [0, 0.05) is 17.1 Å². The van der Waals surface area contributed by atoms with E-state index in [0.29, 0.717) is 0 Å². The van der Waals surface area contributed by atoms with Crippen molar-refractivity contribution in [2.24, 2.45) is 0 Å². The number of fused-ring (bicyclic) bond motifs is 1. The molecule has 3 rings (SSSR count). The van der Waals surface area contributed by atoms with E-state index < -0.39 is 0 Å². The van der Waals surface area contributed by atoms with Gasteiger partial charge >= 0.3 is 0 Å². The molecule has 1 N–H and O–H groups in total. The number of hydrogen-bond donors (Lipinski definition) is 1. The Morgan fingerprint density at radius 2 is 1.81 bits per heavy atom. The fraction of sp³-hybridized carbons (Fsp3) is 0.0667. The Balaban J connectivity index is 2.29. The van der Waals surface area contributed by atoms with Crippen LogP contribution in [0.1, 0.15) is 5.56 Å². The predicted molar refractivity (Wildman–Crippen MR) is 68.5 cm³/mol. The van der Waals surface area contributed by atoms with Crippen molar-refractivity contribution in [1.82, 2.24) is 4.98 Å². The van der Waals surface area contributed by atoms with Gasteiger partial charge in [-0.25, -0.2) is 0 Å². The number of hydrogen-bond acceptors (Lipinski definition) is 0. The van der Waals surface area contributed by atoms with Crippen molar-refractivity contribution < 1.29 is 0 Å². The average Bonchev–Trinajstić information content (AvgIpc) is 2.76. The highest BCUT2D eigenvalue weighted by molar-refractivity contribution is 5.95. The van der Waals surface area contributed by atoms with Gasteiger partial charge in [0.05, 0.1) is 0 Å². The lowest BCUT2D eigenvalue weighted by atomic mass is 10.0. The molecule has 0 saturated heterocycles. The Kier molecular flexibility index (Phi) is 2.03. The number of aromatic amines is 1. The van der Waals surface area contributed by atoms with Crippen LogP contribution in [0.5, 0.6) is 0 Å². The van der Waals surface area contributed by atoms with Crippen molar-refractivity contribution in [3.63, 3.8) is 0 Å². The summed E-state index contributed by atoms with van der Waals surface area (Å²) in [7, 11) is 0. The molecule has 0 aliphatic rings. The van der Waals surface area contributed by atoms with E-state index in [0.717, 1.165) is 0 Å². The second-order valence-electron chi connectivity index (χ2n) is 4.11. The Labute approximate surface area is 94.7 Å². The van der Waals surface area contributed by atoms with Gasteiger partial charge < -0.3 is 4.98 Å². The highest BCUT2D eigenvalue weighted by atomic mass is 14.7. The zero-order chi connectivity index (χ0) is 11.0. The van der Waals surface area contributed by atoms with E-state index in [2.05, 4.69) is 60.4 Å². The number of nitrogens with one attached hydrogen (secondary N) is 1. The number of aromatic nitrogens is 1. The summed E-state index contributed by atoms with van der Waals surface area (Å²) in [6, 6.07) is 17.1. The first-order valence-corrected chi connectivity index (χ1v) is 5.48. The van der Waals surface area contributed by atoms with Crippen LogP contribution in [0.4, 0.5) is 0 Å². The molecule has 3 aromatic rings. The van der Waals surface area contributed by atoms with Gasteiger partial charge in [0.2, 0.25) is 0 Å². The first-order chi connectivity index (χ1) is 7.84. The topological polar surface area (TPSA) is 15.8 Å². The molecule has 0 unspecified atom stereocenters. The van der Waals surface area contributed by atoms with E-state index in [9.17, 15) is 0 Å². The minimum Gasteiger partial charge on any atom is -0.361 e. The fourth-order valence-electron chi connectivity index (χ4n) is 2.15. The second kappa shape index (κ2) is 3.53. The predicted octanol–water partition coefficient (Wildman–Crippen LogP) is 4.14. The average molecular weight is 207 g/mol. The third kappa shape index (κ3) is 1.41. The molecule has 1 nitrogen and oxygen atoms in total. The van der Waals surface area contributed by atoms with Crippen LogP contribution in [0.15, 0.2) is 54.7 Å². The normalized spacial score (nSPS) is 10.8. The molecular formula is C15H13N. The van der Waals surface area contributed by atoms with E-state index in [4.69, 9.17) is 0 Å². The third-order valence-electron chi connectivity index (χ3n) is 2.92. The maximum absolute atomic E-state index is 3.24. The molecule has 16 heavy (non-hydrogen) atoms. The lowest BCUT2D eigenvalue weighted by Gasteiger charge is -2.04. The SMILES string of the molecule is Cc1cccc(-c2cccc3[nH]ccc23)c1. The van der Waals surface area contributed by atoms with E-state index in [1.807, 2.05) is 6.20 Å². The molecule has 0 atom stereocenters. The third-order valence-corrected chi connectivity index (χ3v) is 2.92. The van der Waals surface area contributed by atoms with Crippen LogP contribution >= 0.6 is 0 Å². The molecule has 0 aliphatic heterocycles. The van der Waals surface area contributed by atoms with Crippen LogP contribution < -0.4 is 0 Å². The molecule has 0 spiro atoms. The van der Waals surface area contributed by atoms with Gasteiger partial charge in [0.1, 0.15) is 0 Å². The lowest BCUT2D eigenvalue weighted by molar-refractivity contribution is 1.47. The molecule has 0 radical (unpaired) electrons. The molecule has 1 aromatic heterocycles. The molecule has 0 fully saturated rings. The Morgan fingerprint density at radius 3 is 2.69 bits per heavy atom. The van der Waals surface area contributed by atoms with Crippen molar-refractivity contribution in [3.05, 3.63) is 60.3 Å². The highest BCUT2D eigenvalue weighted by Gasteiger charge is 2.03. The molecule has 2 aromatic carbocycles. The standard InChI is InChI=1S/C15H13N/c1-11-4-2-5-12(10-11)13-6-3-7-15-14(13)8-9-16-15/h2-10,16H,1H3. The Hall–Kier alpha value is -2.02. The quantitative estimate of drug-likeness (QED) is 0.617. The van der Waals surface area contributed by atoms with Crippen LogP contribution in [0.3, 0.4) is 0 Å². The maximum Gasteiger partial charge on any atom is 0.0460 e. The van der Waals surface area contributed by atoms with E-state index in [1.165, 1.54) is 27.6 Å². The summed E-state index contributed by atoms with van der Waals surface area (Å²) in [5, 5.41) is 1.29. The largest absolute Gasteiger partial charge is 0.361 e. The zero-order valence-corrected chi connectivity index (χ0v) is 9.20. The van der Waals surface area contributed by atoms with Crippen molar-refractivity contribution >= 4 is 10.9 Å². The monoisotopic (exact) mass is 207 g/mol. The summed E-state index contributed by atoms with van der Waals surface area (Å²) in [6.45, 7) is 2.13. The van der Waals surface area contributed by atoms with Crippen LogP contribution in [0.25, 0.3) is 22.0 Å². The first-order valence-electron chi connectivity index (χ1n) is 5.48. The lowest BCUT2D eigenvalue weighted by Crippen LogP contribution is -1.80. The van der Waals surface area contributed by atoms with Crippen molar-refractivity contribution in [3.8, 4) is 11.1 Å². The van der Waals surface area contributed by atoms with Gasteiger partial charge in [-0.1, -0.05) is 42.0 Å². The number of rotatable bonds is 1. The molecule has 0 amide bonds. The summed E-state index contributed by atoms with van der Waals surface area (Å²) in [5.41, 5.74) is 5.07. The van der Waals surface area contributed by atoms with E-state index in [1.54, 1.807) is 0 Å². The summed E-state index contributed by atoms with van der Waals surface area (Å²) >= 11 is 0. The van der Waals surface area contributed by atoms with Crippen LogP contribution in [0.2, 0.25) is 0 Å². The van der Waals surface area contributed by atoms with Crippen molar-refractivity contribution in [1.29, 1.82) is 0 Å². The maximum atomic E-state index is 3.24. The summed E-state index contributed by atoms with van der Waals surface area (Å²) < 4.78 is 0. The molecule has 1 heterocycles. The minimum atomic E-state index is 1.19. The van der Waals surface area contributed by atoms with Crippen LogP contribution in [-0.2, 0) is 0 Å². The van der Waals surface area contributed by atoms with Crippen molar-refractivity contribution in [2.75, 3.05) is 0 Å². The molecule has 0 aliphatic carbocycles. The fourth-order valence-corrected chi connectivity index (χ4v) is 2.15. The van der Waals surface area contributed by atoms with Gasteiger partial charge in [0.15, 0.2) is 0 Å². The highest BCUT2D eigenvalue weighted by Crippen LogP contribution is 2.28. The number of H-pyrrole nitrogens is 1. The Bertz CT molecular complexity index is 634. The zero-order valence-electron chi connectivity index (χ0n) is 9.20. The number of aryl methyl sites for hydroxylation is 1. The van der Waals surface area contributed by atoms with Gasteiger partial charge in [-0.15, -0.1) is 0 Å². The van der Waals surface area contributed by atoms with Crippen LogP contribution in [0, 0.1) is 6.92 Å². The number of benzene rings is 2. The molecule has 78 valence electrons. The molecule has 0 saturated carbocycles. The summed E-state index contributed by atoms with van der Waals surface area (Å²) in [4.78, 5) is 3.24. The molecule has 1 heteroatoms. The summed E-state index contributed by atoms with van der Waals surface area (Å²) in [5.74, 6) is 0. The summed E-state index contributed by atoms with van der Waals surface area (Å²) in [6.07, 6.45) is 1.99. The Morgan fingerprint density at radius 1 is 0.938 bits per heavy atom. The van der Waals surface area contributed by atoms with Gasteiger partial charge in [0.25, 0.3) is 0 Å².